The summed E-state index contributed by atoms with van der Waals surface area (Å²) >= 11 is 1.70. The summed E-state index contributed by atoms with van der Waals surface area (Å²) in [5.74, 6) is -0.145. The second-order valence-electron chi connectivity index (χ2n) is 8.98. The molecule has 0 amide bonds. The Bertz CT molecular complexity index is 1330. The van der Waals surface area contributed by atoms with E-state index in [9.17, 15) is 4.79 Å². The van der Waals surface area contributed by atoms with Crippen molar-refractivity contribution in [1.29, 1.82) is 0 Å². The van der Waals surface area contributed by atoms with Crippen LogP contribution < -0.4 is 9.21 Å². The van der Waals surface area contributed by atoms with Gasteiger partial charge in [0.25, 0.3) is 0 Å². The Morgan fingerprint density at radius 1 is 1.03 bits per heavy atom. The smallest absolute Gasteiger partial charge is 0.374 e. The minimum absolute atomic E-state index is 0.277. The van der Waals surface area contributed by atoms with Crippen LogP contribution in [0.15, 0.2) is 82.1 Å². The van der Waals surface area contributed by atoms with Gasteiger partial charge in [-0.2, -0.15) is 0 Å². The van der Waals surface area contributed by atoms with Gasteiger partial charge in [-0.3, -0.25) is 0 Å². The Kier molecular flexibility index (Phi) is 8.02. The highest BCUT2D eigenvalue weighted by atomic mass is 32.2. The van der Waals surface area contributed by atoms with Crippen molar-refractivity contribution in [2.75, 3.05) is 48.7 Å². The van der Waals surface area contributed by atoms with Crippen LogP contribution in [0.4, 0.5) is 11.4 Å². The van der Waals surface area contributed by atoms with Crippen LogP contribution in [0.5, 0.6) is 0 Å². The summed E-state index contributed by atoms with van der Waals surface area (Å²) < 4.78 is 18.8. The van der Waals surface area contributed by atoms with Gasteiger partial charge >= 0.3 is 5.97 Å². The molecule has 1 aromatic heterocycles. The lowest BCUT2D eigenvalue weighted by Crippen LogP contribution is -2.36. The predicted molar refractivity (Wildman–Crippen MR) is 150 cm³/mol. The van der Waals surface area contributed by atoms with Crippen molar-refractivity contribution in [3.63, 3.8) is 0 Å². The molecule has 0 spiro atoms. The minimum atomic E-state index is -0.421. The maximum atomic E-state index is 12.3. The van der Waals surface area contributed by atoms with Gasteiger partial charge in [0.1, 0.15) is 5.58 Å². The summed E-state index contributed by atoms with van der Waals surface area (Å²) in [4.78, 5) is 15.8. The summed E-state index contributed by atoms with van der Waals surface area (Å²) in [6, 6.07) is 25.4. The number of hydrogen-bond donors (Lipinski definition) is 0. The fourth-order valence-electron chi connectivity index (χ4n) is 4.53. The first-order valence-corrected chi connectivity index (χ1v) is 13.5. The number of carbonyl (C=O) groups excluding carboxylic acids is 1. The largest absolute Gasteiger partial charge is 0.460 e. The third-order valence-corrected chi connectivity index (χ3v) is 7.62. The molecule has 6 nitrogen and oxygen atoms in total. The van der Waals surface area contributed by atoms with Crippen molar-refractivity contribution >= 4 is 40.3 Å². The molecule has 0 saturated carbocycles. The molecule has 7 heteroatoms. The first kappa shape index (κ1) is 25.2. The predicted octanol–water partition coefficient (Wildman–Crippen LogP) is 6.51. The molecule has 1 aliphatic rings. The molecule has 1 fully saturated rings. The highest BCUT2D eigenvalue weighted by Gasteiger charge is 2.20. The summed E-state index contributed by atoms with van der Waals surface area (Å²) in [6.07, 6.45) is 0.930. The van der Waals surface area contributed by atoms with Crippen LogP contribution in [0.3, 0.4) is 0 Å². The van der Waals surface area contributed by atoms with Crippen molar-refractivity contribution in [2.45, 2.75) is 25.2 Å². The van der Waals surface area contributed by atoms with Crippen LogP contribution in [0.1, 0.15) is 28.6 Å². The van der Waals surface area contributed by atoms with Crippen molar-refractivity contribution in [1.82, 2.24) is 0 Å². The van der Waals surface area contributed by atoms with Crippen molar-refractivity contribution in [2.24, 2.45) is 0 Å². The Hall–Kier alpha value is -3.42. The number of benzene rings is 3. The Morgan fingerprint density at radius 2 is 1.78 bits per heavy atom. The van der Waals surface area contributed by atoms with Crippen molar-refractivity contribution < 1.29 is 18.7 Å². The molecule has 0 bridgehead atoms. The molecule has 1 aliphatic heterocycles. The van der Waals surface area contributed by atoms with E-state index in [1.807, 2.05) is 25.1 Å². The van der Waals surface area contributed by atoms with E-state index < -0.39 is 5.97 Å². The number of nitrogens with zero attached hydrogens (tertiary/aromatic N) is 2. The summed E-state index contributed by atoms with van der Waals surface area (Å²) in [5.41, 5.74) is 5.17. The van der Waals surface area contributed by atoms with E-state index in [4.69, 9.17) is 13.9 Å². The van der Waals surface area contributed by atoms with Gasteiger partial charge in [-0.05, 0) is 80.2 Å². The molecule has 0 aliphatic carbocycles. The first-order valence-electron chi connectivity index (χ1n) is 12.7. The Balaban J connectivity index is 1.40. The lowest BCUT2D eigenvalue weighted by molar-refractivity contribution is 0.0491. The van der Waals surface area contributed by atoms with Crippen molar-refractivity contribution in [3.05, 3.63) is 89.7 Å². The lowest BCUT2D eigenvalue weighted by atomic mass is 10.1. The van der Waals surface area contributed by atoms with Gasteiger partial charge < -0.3 is 23.1 Å². The van der Waals surface area contributed by atoms with Crippen LogP contribution in [0.2, 0.25) is 0 Å². The van der Waals surface area contributed by atoms with Gasteiger partial charge in [0.05, 0.1) is 19.8 Å². The summed E-state index contributed by atoms with van der Waals surface area (Å²) in [7, 11) is 0. The summed E-state index contributed by atoms with van der Waals surface area (Å²) in [6.45, 7) is 8.25. The van der Waals surface area contributed by atoms with E-state index in [0.29, 0.717) is 12.2 Å². The van der Waals surface area contributed by atoms with E-state index in [2.05, 4.69) is 63.8 Å². The SMILES string of the molecule is CCOC(=O)c1oc2ccc(SN(CCc3ccccc3)c3ccc(N4CCOCC4)cc3)cc2c1C. The van der Waals surface area contributed by atoms with Crippen LogP contribution in [-0.4, -0.2) is 45.4 Å². The molecule has 37 heavy (non-hydrogen) atoms. The van der Waals surface area contributed by atoms with E-state index in [1.54, 1.807) is 18.9 Å². The molecule has 3 aromatic carbocycles. The molecular formula is C30H32N2O4S. The maximum Gasteiger partial charge on any atom is 0.374 e. The van der Waals surface area contributed by atoms with Gasteiger partial charge in [-0.25, -0.2) is 4.79 Å². The number of carbonyl (C=O) groups is 1. The number of anilines is 2. The number of ether oxygens (including phenoxy) is 2. The van der Waals surface area contributed by atoms with Crippen LogP contribution in [-0.2, 0) is 15.9 Å². The minimum Gasteiger partial charge on any atom is -0.460 e. The summed E-state index contributed by atoms with van der Waals surface area (Å²) in [5, 5.41) is 0.929. The Labute approximate surface area is 222 Å². The Morgan fingerprint density at radius 3 is 2.51 bits per heavy atom. The standard InChI is InChI=1S/C30H32N2O4S/c1-3-35-30(33)29-22(2)27-21-26(13-14-28(27)36-29)37-32(16-15-23-7-5-4-6-8-23)25-11-9-24(10-12-25)31-17-19-34-20-18-31/h4-14,21H,3,15-20H2,1-2H3. The van der Waals surface area contributed by atoms with Crippen LogP contribution in [0.25, 0.3) is 11.0 Å². The average molecular weight is 517 g/mol. The molecule has 0 radical (unpaired) electrons. The molecule has 1 saturated heterocycles. The van der Waals surface area contributed by atoms with Gasteiger partial charge in [0.15, 0.2) is 0 Å². The van der Waals surface area contributed by atoms with Gasteiger partial charge in [-0.15, -0.1) is 0 Å². The number of morpholine rings is 1. The fraction of sp³-hybridized carbons (Fsp3) is 0.300. The van der Waals surface area contributed by atoms with Gasteiger partial charge in [-0.1, -0.05) is 30.3 Å². The van der Waals surface area contributed by atoms with Gasteiger partial charge in [0.2, 0.25) is 5.76 Å². The number of aryl methyl sites for hydroxylation is 1. The zero-order chi connectivity index (χ0) is 25.6. The van der Waals surface area contributed by atoms with Crippen LogP contribution >= 0.6 is 11.9 Å². The molecular weight excluding hydrogens is 484 g/mol. The van der Waals surface area contributed by atoms with Gasteiger partial charge in [0, 0.05) is 46.9 Å². The quantitative estimate of drug-likeness (QED) is 0.186. The van der Waals surface area contributed by atoms with Crippen molar-refractivity contribution in [3.8, 4) is 0 Å². The monoisotopic (exact) mass is 516 g/mol. The molecule has 0 N–H and O–H groups in total. The third kappa shape index (κ3) is 5.95. The maximum absolute atomic E-state index is 12.3. The number of rotatable bonds is 9. The third-order valence-electron chi connectivity index (χ3n) is 6.54. The topological polar surface area (TPSA) is 55.2 Å². The normalized spacial score (nSPS) is 13.6. The molecule has 4 aromatic rings. The number of furan rings is 1. The zero-order valence-corrected chi connectivity index (χ0v) is 22.1. The van der Waals surface area contributed by atoms with Crippen LogP contribution in [0, 0.1) is 6.92 Å². The van der Waals surface area contributed by atoms with E-state index >= 15 is 0 Å². The number of hydrogen-bond acceptors (Lipinski definition) is 7. The molecule has 5 rings (SSSR count). The first-order chi connectivity index (χ1) is 18.1. The second-order valence-corrected chi connectivity index (χ2v) is 10.1. The zero-order valence-electron chi connectivity index (χ0n) is 21.3. The fourth-order valence-corrected chi connectivity index (χ4v) is 5.49. The molecule has 2 heterocycles. The van der Waals surface area contributed by atoms with E-state index in [-0.39, 0.29) is 5.76 Å². The molecule has 0 unspecified atom stereocenters. The lowest BCUT2D eigenvalue weighted by Gasteiger charge is -2.30. The molecule has 192 valence electrons. The average Bonchev–Trinajstić information content (AvgIpc) is 3.28. The van der Waals surface area contributed by atoms with E-state index in [0.717, 1.165) is 60.8 Å². The molecule has 0 atom stereocenters. The number of esters is 1. The number of fused-ring (bicyclic) bond motifs is 1. The second kappa shape index (κ2) is 11.8. The van der Waals surface area contributed by atoms with E-state index in [1.165, 1.54) is 11.3 Å². The highest BCUT2D eigenvalue weighted by Crippen LogP contribution is 2.35. The highest BCUT2D eigenvalue weighted by molar-refractivity contribution is 8.00.